The average Bonchev–Trinajstić information content (AvgIpc) is 3.07. The fraction of sp³-hybridized carbons (Fsp3) is 0.176. The fourth-order valence-corrected chi connectivity index (χ4v) is 3.63. The maximum Gasteiger partial charge on any atom is 0.210 e. The van der Waals surface area contributed by atoms with E-state index in [1.54, 1.807) is 12.1 Å². The average molecular weight is 377 g/mol. The van der Waals surface area contributed by atoms with Crippen molar-refractivity contribution < 1.29 is 14.2 Å². The monoisotopic (exact) mass is 377 g/mol. The van der Waals surface area contributed by atoms with Crippen molar-refractivity contribution in [1.29, 1.82) is 0 Å². The summed E-state index contributed by atoms with van der Waals surface area (Å²) < 4.78 is 19.5. The van der Waals surface area contributed by atoms with Crippen LogP contribution in [0.2, 0.25) is 0 Å². The molecule has 5 nitrogen and oxygen atoms in total. The highest BCUT2D eigenvalue weighted by molar-refractivity contribution is 8.01. The van der Waals surface area contributed by atoms with Crippen molar-refractivity contribution in [2.24, 2.45) is 0 Å². The highest BCUT2D eigenvalue weighted by atomic mass is 32.2. The second kappa shape index (κ2) is 8.80. The molecule has 8 heteroatoms. The Balaban J connectivity index is 1.45. The topological polar surface area (TPSA) is 67.3 Å². The molecule has 0 aliphatic heterocycles. The summed E-state index contributed by atoms with van der Waals surface area (Å²) >= 11 is 2.78. The molecule has 0 aliphatic carbocycles. The van der Waals surface area contributed by atoms with Gasteiger partial charge >= 0.3 is 0 Å². The minimum atomic E-state index is -0.737. The lowest BCUT2D eigenvalue weighted by Gasteiger charge is -2.11. The lowest BCUT2D eigenvalue weighted by Crippen LogP contribution is -2.20. The van der Waals surface area contributed by atoms with Gasteiger partial charge in [0.05, 0.1) is 6.10 Å². The number of hydrogen-bond donors (Lipinski definition) is 2. The summed E-state index contributed by atoms with van der Waals surface area (Å²) in [4.78, 5) is 0. The number of halogens is 1. The van der Waals surface area contributed by atoms with E-state index >= 15 is 0 Å². The van der Waals surface area contributed by atoms with Gasteiger partial charge in [0.25, 0.3) is 0 Å². The molecule has 3 rings (SSSR count). The van der Waals surface area contributed by atoms with Gasteiger partial charge in [0.1, 0.15) is 6.61 Å². The van der Waals surface area contributed by atoms with Gasteiger partial charge < -0.3 is 15.2 Å². The van der Waals surface area contributed by atoms with E-state index in [0.29, 0.717) is 10.9 Å². The van der Waals surface area contributed by atoms with Gasteiger partial charge in [-0.2, -0.15) is 0 Å². The molecule has 0 saturated carbocycles. The van der Waals surface area contributed by atoms with E-state index in [4.69, 9.17) is 4.74 Å². The van der Waals surface area contributed by atoms with E-state index in [0.717, 1.165) is 10.0 Å². The summed E-state index contributed by atoms with van der Waals surface area (Å²) in [6.07, 6.45) is -0.737. The molecule has 1 aromatic heterocycles. The highest BCUT2D eigenvalue weighted by Gasteiger charge is 2.11. The Labute approximate surface area is 152 Å². The molecule has 0 amide bonds. The van der Waals surface area contributed by atoms with Crippen molar-refractivity contribution in [3.05, 3.63) is 60.4 Å². The summed E-state index contributed by atoms with van der Waals surface area (Å²) in [5.74, 6) is 0.0777. The quantitative estimate of drug-likeness (QED) is 0.580. The highest BCUT2D eigenvalue weighted by Crippen LogP contribution is 2.28. The van der Waals surface area contributed by atoms with E-state index in [2.05, 4.69) is 15.5 Å². The zero-order chi connectivity index (χ0) is 17.5. The van der Waals surface area contributed by atoms with Crippen LogP contribution in [0.1, 0.15) is 0 Å². The number of benzene rings is 2. The predicted molar refractivity (Wildman–Crippen MR) is 98.3 cm³/mol. The molecule has 0 fully saturated rings. The molecule has 0 bridgehead atoms. The predicted octanol–water partition coefficient (Wildman–Crippen LogP) is 3.95. The standard InChI is InChI=1S/C17H16FN3O2S2/c18-14-8-4-5-9-15(14)23-10-13(22)11-24-17-21-20-16(25-17)19-12-6-2-1-3-7-12/h1-9,13,22H,10-11H2,(H,19,20)/t13-/m0/s1. The number of anilines is 2. The van der Waals surface area contributed by atoms with Crippen molar-refractivity contribution >= 4 is 33.9 Å². The number of rotatable bonds is 8. The fourth-order valence-electron chi connectivity index (χ4n) is 1.93. The Bertz CT molecular complexity index is 801. The van der Waals surface area contributed by atoms with Crippen LogP contribution < -0.4 is 10.1 Å². The maximum absolute atomic E-state index is 13.4. The number of para-hydroxylation sites is 2. The first-order valence-corrected chi connectivity index (χ1v) is 9.34. The molecule has 25 heavy (non-hydrogen) atoms. The number of ether oxygens (including phenoxy) is 1. The van der Waals surface area contributed by atoms with Crippen LogP contribution in [0.4, 0.5) is 15.2 Å². The van der Waals surface area contributed by atoms with Crippen LogP contribution >= 0.6 is 23.1 Å². The molecule has 0 radical (unpaired) electrons. The smallest absolute Gasteiger partial charge is 0.210 e. The van der Waals surface area contributed by atoms with E-state index < -0.39 is 11.9 Å². The summed E-state index contributed by atoms with van der Waals surface area (Å²) in [5.41, 5.74) is 0.938. The van der Waals surface area contributed by atoms with Crippen LogP contribution in [0.15, 0.2) is 58.9 Å². The van der Waals surface area contributed by atoms with Crippen LogP contribution in [0, 0.1) is 5.82 Å². The van der Waals surface area contributed by atoms with E-state index in [9.17, 15) is 9.50 Å². The van der Waals surface area contributed by atoms with Gasteiger partial charge in [0.2, 0.25) is 5.13 Å². The van der Waals surface area contributed by atoms with Gasteiger partial charge in [-0.25, -0.2) is 4.39 Å². The van der Waals surface area contributed by atoms with Gasteiger partial charge in [0, 0.05) is 11.4 Å². The maximum atomic E-state index is 13.4. The molecule has 1 heterocycles. The minimum Gasteiger partial charge on any atom is -0.488 e. The molecule has 0 aliphatic rings. The number of aliphatic hydroxyl groups excluding tert-OH is 1. The van der Waals surface area contributed by atoms with Crippen LogP contribution in [0.5, 0.6) is 5.75 Å². The van der Waals surface area contributed by atoms with Crippen molar-refractivity contribution in [3.63, 3.8) is 0 Å². The molecular formula is C17H16FN3O2S2. The molecular weight excluding hydrogens is 361 g/mol. The summed E-state index contributed by atoms with van der Waals surface area (Å²) in [5, 5.41) is 22.0. The number of aliphatic hydroxyl groups is 1. The van der Waals surface area contributed by atoms with Crippen LogP contribution in [0.3, 0.4) is 0 Å². The molecule has 0 spiro atoms. The molecule has 0 saturated heterocycles. The minimum absolute atomic E-state index is 0.0157. The number of nitrogens with one attached hydrogen (secondary N) is 1. The van der Waals surface area contributed by atoms with Crippen LogP contribution in [-0.2, 0) is 0 Å². The third-order valence-corrected chi connectivity index (χ3v) is 5.22. The second-order valence-corrected chi connectivity index (χ2v) is 7.32. The molecule has 3 aromatic rings. The summed E-state index contributed by atoms with van der Waals surface area (Å²) in [7, 11) is 0. The lowest BCUT2D eigenvalue weighted by atomic mass is 10.3. The van der Waals surface area contributed by atoms with E-state index in [1.807, 2.05) is 30.3 Å². The van der Waals surface area contributed by atoms with Crippen molar-refractivity contribution in [2.75, 3.05) is 17.7 Å². The molecule has 1 atom stereocenters. The first-order chi connectivity index (χ1) is 12.2. The molecule has 2 aromatic carbocycles. The molecule has 0 unspecified atom stereocenters. The zero-order valence-electron chi connectivity index (χ0n) is 13.1. The van der Waals surface area contributed by atoms with Crippen LogP contribution in [-0.4, -0.2) is 33.8 Å². The zero-order valence-corrected chi connectivity index (χ0v) is 14.8. The third kappa shape index (κ3) is 5.42. The van der Waals surface area contributed by atoms with Gasteiger partial charge in [-0.1, -0.05) is 53.4 Å². The molecule has 2 N–H and O–H groups in total. The Hall–Kier alpha value is -2.16. The van der Waals surface area contributed by atoms with E-state index in [1.165, 1.54) is 35.2 Å². The Morgan fingerprint density at radius 1 is 1.12 bits per heavy atom. The Morgan fingerprint density at radius 3 is 2.68 bits per heavy atom. The summed E-state index contributed by atoms with van der Waals surface area (Å²) in [6, 6.07) is 15.8. The lowest BCUT2D eigenvalue weighted by molar-refractivity contribution is 0.123. The Kier molecular flexibility index (Phi) is 6.21. The second-order valence-electron chi connectivity index (χ2n) is 5.07. The number of aromatic nitrogens is 2. The van der Waals surface area contributed by atoms with Gasteiger partial charge in [-0.05, 0) is 24.3 Å². The van der Waals surface area contributed by atoms with Crippen molar-refractivity contribution in [1.82, 2.24) is 10.2 Å². The Morgan fingerprint density at radius 2 is 1.88 bits per heavy atom. The third-order valence-electron chi connectivity index (χ3n) is 3.10. The normalized spacial score (nSPS) is 11.9. The number of thioether (sulfide) groups is 1. The number of nitrogens with zero attached hydrogens (tertiary/aromatic N) is 2. The van der Waals surface area contributed by atoms with Gasteiger partial charge in [-0.3, -0.25) is 0 Å². The number of hydrogen-bond acceptors (Lipinski definition) is 7. The largest absolute Gasteiger partial charge is 0.488 e. The van der Waals surface area contributed by atoms with Crippen molar-refractivity contribution in [3.8, 4) is 5.75 Å². The van der Waals surface area contributed by atoms with Crippen LogP contribution in [0.25, 0.3) is 0 Å². The van der Waals surface area contributed by atoms with Crippen molar-refractivity contribution in [2.45, 2.75) is 10.4 Å². The first-order valence-electron chi connectivity index (χ1n) is 7.54. The molecule has 130 valence electrons. The summed E-state index contributed by atoms with van der Waals surface area (Å²) in [6.45, 7) is 0.0157. The van der Waals surface area contributed by atoms with E-state index in [-0.39, 0.29) is 12.4 Å². The van der Waals surface area contributed by atoms with Gasteiger partial charge in [-0.15, -0.1) is 10.2 Å². The van der Waals surface area contributed by atoms with Gasteiger partial charge in [0.15, 0.2) is 15.9 Å². The SMILES string of the molecule is O[C@@H](COc1ccccc1F)CSc1nnc(Nc2ccccc2)s1. The first kappa shape index (κ1) is 17.7.